The zero-order valence-electron chi connectivity index (χ0n) is 10.6. The topological polar surface area (TPSA) is 26.3 Å². The van der Waals surface area contributed by atoms with E-state index < -0.39 is 0 Å². The lowest BCUT2D eigenvalue weighted by atomic mass is 9.82. The summed E-state index contributed by atoms with van der Waals surface area (Å²) in [5.41, 5.74) is 0. The maximum Gasteiger partial charge on any atom is 0.302 e. The van der Waals surface area contributed by atoms with Gasteiger partial charge in [0.15, 0.2) is 0 Å². The van der Waals surface area contributed by atoms with Crippen LogP contribution in [0, 0.1) is 5.92 Å². The van der Waals surface area contributed by atoms with E-state index in [1.54, 1.807) is 0 Å². The summed E-state index contributed by atoms with van der Waals surface area (Å²) < 4.78 is 6.45. The highest BCUT2D eigenvalue weighted by Crippen LogP contribution is 2.35. The van der Waals surface area contributed by atoms with Crippen molar-refractivity contribution in [1.82, 2.24) is 0 Å². The fourth-order valence-electron chi connectivity index (χ4n) is 3.65. The highest BCUT2D eigenvalue weighted by molar-refractivity contribution is 5.65. The lowest BCUT2D eigenvalue weighted by molar-refractivity contribution is -0.947. The Labute approximate surface area is 98.4 Å². The Hall–Kier alpha value is -0.570. The zero-order valence-corrected chi connectivity index (χ0v) is 10.6. The smallest absolute Gasteiger partial charge is 0.302 e. The maximum absolute atomic E-state index is 10.9. The molecule has 0 aliphatic carbocycles. The number of quaternary nitrogens is 1. The van der Waals surface area contributed by atoms with E-state index in [1.165, 1.54) is 56.6 Å². The fraction of sp³-hybridized carbons (Fsp3) is 0.923. The van der Waals surface area contributed by atoms with Crippen molar-refractivity contribution in [1.29, 1.82) is 0 Å². The first-order valence-electron chi connectivity index (χ1n) is 6.59. The number of rotatable bonds is 2. The van der Waals surface area contributed by atoms with Gasteiger partial charge in [-0.15, -0.1) is 0 Å². The van der Waals surface area contributed by atoms with Crippen LogP contribution in [0.4, 0.5) is 0 Å². The number of fused-ring (bicyclic) bond motifs is 1. The molecule has 0 aromatic rings. The van der Waals surface area contributed by atoms with Gasteiger partial charge in [-0.25, -0.2) is 0 Å². The van der Waals surface area contributed by atoms with Gasteiger partial charge >= 0.3 is 5.97 Å². The average Bonchev–Trinajstić information content (AvgIpc) is 2.25. The molecule has 0 aromatic carbocycles. The number of carbonyl (C=O) groups excluding carboxylic acids is 1. The SMILES string of the molecule is CC(=O)OC[C@H]1CCC[N@+]2(C)CCCC[C@@H]12. The molecule has 3 atom stereocenters. The van der Waals surface area contributed by atoms with Gasteiger partial charge in [0.1, 0.15) is 0 Å². The van der Waals surface area contributed by atoms with Crippen LogP contribution in [0.25, 0.3) is 0 Å². The third-order valence-electron chi connectivity index (χ3n) is 4.51. The first-order valence-corrected chi connectivity index (χ1v) is 6.59. The van der Waals surface area contributed by atoms with Gasteiger partial charge in [-0.3, -0.25) is 4.79 Å². The van der Waals surface area contributed by atoms with Crippen LogP contribution < -0.4 is 0 Å². The van der Waals surface area contributed by atoms with Crippen LogP contribution in [-0.4, -0.2) is 43.2 Å². The fourth-order valence-corrected chi connectivity index (χ4v) is 3.65. The maximum atomic E-state index is 10.9. The Morgan fingerprint density at radius 1 is 1.25 bits per heavy atom. The molecular weight excluding hydrogens is 202 g/mol. The van der Waals surface area contributed by atoms with Crippen LogP contribution in [0.5, 0.6) is 0 Å². The molecule has 16 heavy (non-hydrogen) atoms. The molecule has 0 bridgehead atoms. The molecular formula is C13H24NO2+. The van der Waals surface area contributed by atoms with E-state index in [0.29, 0.717) is 12.5 Å². The van der Waals surface area contributed by atoms with E-state index in [-0.39, 0.29) is 5.97 Å². The second-order valence-corrected chi connectivity index (χ2v) is 5.69. The van der Waals surface area contributed by atoms with Crippen molar-refractivity contribution in [3.05, 3.63) is 0 Å². The molecule has 2 heterocycles. The molecule has 2 fully saturated rings. The molecule has 0 saturated carbocycles. The second kappa shape index (κ2) is 4.74. The molecule has 2 rings (SSSR count). The number of hydrogen-bond donors (Lipinski definition) is 0. The normalized spacial score (nSPS) is 38.9. The van der Waals surface area contributed by atoms with Gasteiger partial charge in [-0.2, -0.15) is 0 Å². The minimum atomic E-state index is -0.129. The predicted molar refractivity (Wildman–Crippen MR) is 62.9 cm³/mol. The van der Waals surface area contributed by atoms with Gasteiger partial charge in [0.25, 0.3) is 0 Å². The minimum Gasteiger partial charge on any atom is -0.465 e. The van der Waals surface area contributed by atoms with Crippen LogP contribution in [0.1, 0.15) is 39.0 Å². The van der Waals surface area contributed by atoms with Crippen LogP contribution >= 0.6 is 0 Å². The summed E-state index contributed by atoms with van der Waals surface area (Å²) in [4.78, 5) is 10.9. The molecule has 92 valence electrons. The summed E-state index contributed by atoms with van der Waals surface area (Å²) in [6.07, 6.45) is 6.58. The van der Waals surface area contributed by atoms with Crippen molar-refractivity contribution in [3.63, 3.8) is 0 Å². The lowest BCUT2D eigenvalue weighted by Gasteiger charge is -2.51. The molecule has 0 radical (unpaired) electrons. The van der Waals surface area contributed by atoms with E-state index in [0.717, 1.165) is 6.04 Å². The van der Waals surface area contributed by atoms with E-state index in [4.69, 9.17) is 4.74 Å². The van der Waals surface area contributed by atoms with Gasteiger partial charge in [-0.05, 0) is 25.7 Å². The van der Waals surface area contributed by atoms with Crippen molar-refractivity contribution in [2.75, 3.05) is 26.7 Å². The summed E-state index contributed by atoms with van der Waals surface area (Å²) in [7, 11) is 2.39. The second-order valence-electron chi connectivity index (χ2n) is 5.69. The summed E-state index contributed by atoms with van der Waals surface area (Å²) in [6, 6.07) is 0.738. The monoisotopic (exact) mass is 226 g/mol. The average molecular weight is 226 g/mol. The number of nitrogens with zero attached hydrogens (tertiary/aromatic N) is 1. The van der Waals surface area contributed by atoms with Crippen molar-refractivity contribution in [2.24, 2.45) is 5.92 Å². The predicted octanol–water partition coefficient (Wildman–Crippen LogP) is 1.96. The molecule has 2 aliphatic heterocycles. The highest BCUT2D eigenvalue weighted by Gasteiger charge is 2.43. The van der Waals surface area contributed by atoms with E-state index in [2.05, 4.69) is 7.05 Å². The van der Waals surface area contributed by atoms with Gasteiger partial charge in [-0.1, -0.05) is 0 Å². The highest BCUT2D eigenvalue weighted by atomic mass is 16.5. The third kappa shape index (κ3) is 2.40. The molecule has 0 amide bonds. The Kier molecular flexibility index (Phi) is 3.53. The first-order chi connectivity index (χ1) is 7.62. The Morgan fingerprint density at radius 2 is 2.00 bits per heavy atom. The van der Waals surface area contributed by atoms with Crippen molar-refractivity contribution < 1.29 is 14.0 Å². The Balaban J connectivity index is 1.99. The van der Waals surface area contributed by atoms with Crippen LogP contribution in [0.2, 0.25) is 0 Å². The van der Waals surface area contributed by atoms with Gasteiger partial charge in [0.2, 0.25) is 0 Å². The van der Waals surface area contributed by atoms with Crippen molar-refractivity contribution in [3.8, 4) is 0 Å². The molecule has 0 unspecified atom stereocenters. The molecule has 0 aromatic heterocycles. The molecule has 0 spiro atoms. The zero-order chi connectivity index (χ0) is 11.6. The quantitative estimate of drug-likeness (QED) is 0.531. The number of piperidine rings is 2. The van der Waals surface area contributed by atoms with E-state index >= 15 is 0 Å². The van der Waals surface area contributed by atoms with Crippen molar-refractivity contribution in [2.45, 2.75) is 45.1 Å². The molecule has 3 nitrogen and oxygen atoms in total. The summed E-state index contributed by atoms with van der Waals surface area (Å²) in [6.45, 7) is 4.80. The number of carbonyl (C=O) groups is 1. The molecule has 0 N–H and O–H groups in total. The van der Waals surface area contributed by atoms with Crippen LogP contribution in [-0.2, 0) is 9.53 Å². The lowest BCUT2D eigenvalue weighted by Crippen LogP contribution is -2.61. The molecule has 2 saturated heterocycles. The Morgan fingerprint density at radius 3 is 2.75 bits per heavy atom. The number of esters is 1. The van der Waals surface area contributed by atoms with Gasteiger partial charge in [0.05, 0.1) is 32.8 Å². The van der Waals surface area contributed by atoms with Gasteiger partial charge < -0.3 is 9.22 Å². The van der Waals surface area contributed by atoms with E-state index in [1.807, 2.05) is 0 Å². The first kappa shape index (κ1) is 11.9. The standard InChI is InChI=1S/C13H24NO2/c1-11(15)16-10-12-6-5-9-14(2)8-4-3-7-13(12)14/h12-13H,3-10H2,1-2H3/q+1/t12-,13+,14+/m1/s1. The number of hydrogen-bond acceptors (Lipinski definition) is 2. The Bertz CT molecular complexity index is 263. The summed E-state index contributed by atoms with van der Waals surface area (Å²) in [5.74, 6) is 0.471. The third-order valence-corrected chi connectivity index (χ3v) is 4.51. The van der Waals surface area contributed by atoms with E-state index in [9.17, 15) is 4.79 Å². The molecule has 3 heteroatoms. The summed E-state index contributed by atoms with van der Waals surface area (Å²) in [5, 5.41) is 0. The number of ether oxygens (including phenoxy) is 1. The molecule has 2 aliphatic rings. The van der Waals surface area contributed by atoms with Crippen LogP contribution in [0.15, 0.2) is 0 Å². The summed E-state index contributed by atoms with van der Waals surface area (Å²) >= 11 is 0. The minimum absolute atomic E-state index is 0.129. The van der Waals surface area contributed by atoms with Crippen molar-refractivity contribution >= 4 is 5.97 Å². The van der Waals surface area contributed by atoms with Crippen LogP contribution in [0.3, 0.4) is 0 Å². The largest absolute Gasteiger partial charge is 0.465 e. The van der Waals surface area contributed by atoms with Gasteiger partial charge in [0, 0.05) is 19.3 Å².